The molecule has 0 spiro atoms. The van der Waals surface area contributed by atoms with Gasteiger partial charge in [0.25, 0.3) is 0 Å². The van der Waals surface area contributed by atoms with E-state index >= 15 is 0 Å². The molecule has 0 radical (unpaired) electrons. The smallest absolute Gasteiger partial charge is 0.165 e. The van der Waals surface area contributed by atoms with Crippen molar-refractivity contribution in [1.82, 2.24) is 0 Å². The second-order valence-electron chi connectivity index (χ2n) is 7.80. The molecule has 0 saturated carbocycles. The van der Waals surface area contributed by atoms with Crippen LogP contribution in [0.1, 0.15) is 43.9 Å². The average molecular weight is 424 g/mol. The number of phenols is 3. The van der Waals surface area contributed by atoms with Crippen LogP contribution in [0.5, 0.6) is 28.7 Å². The first kappa shape index (κ1) is 21.1. The third-order valence-corrected chi connectivity index (χ3v) is 5.48. The lowest BCUT2D eigenvalue weighted by atomic mass is 9.90. The number of ether oxygens (including phenoxy) is 3. The van der Waals surface area contributed by atoms with E-state index in [1.807, 2.05) is 32.0 Å². The van der Waals surface area contributed by atoms with E-state index in [0.717, 1.165) is 29.4 Å². The van der Waals surface area contributed by atoms with Crippen LogP contribution in [0.25, 0.3) is 10.8 Å². The molecule has 3 N–H and O–H groups in total. The van der Waals surface area contributed by atoms with E-state index in [4.69, 9.17) is 14.2 Å². The number of hydrogen-bond donors (Lipinski definition) is 3. The minimum absolute atomic E-state index is 0.0648. The van der Waals surface area contributed by atoms with Crippen molar-refractivity contribution < 1.29 is 29.5 Å². The van der Waals surface area contributed by atoms with E-state index in [2.05, 4.69) is 0 Å². The van der Waals surface area contributed by atoms with Crippen molar-refractivity contribution in [2.75, 3.05) is 13.2 Å². The molecule has 0 unspecified atom stereocenters. The van der Waals surface area contributed by atoms with Gasteiger partial charge in [0.15, 0.2) is 17.6 Å². The number of phenolic OH excluding ortho intramolecular Hbond substituents is 3. The maximum Gasteiger partial charge on any atom is 0.165 e. The second kappa shape index (κ2) is 8.94. The summed E-state index contributed by atoms with van der Waals surface area (Å²) >= 11 is 0. The molecule has 6 nitrogen and oxygen atoms in total. The molecule has 1 aliphatic rings. The van der Waals surface area contributed by atoms with Gasteiger partial charge in [0.05, 0.1) is 6.61 Å². The molecule has 0 saturated heterocycles. The average Bonchev–Trinajstić information content (AvgIpc) is 2.78. The van der Waals surface area contributed by atoms with Crippen LogP contribution in [-0.2, 0) is 11.2 Å². The molecule has 3 aromatic carbocycles. The lowest BCUT2D eigenvalue weighted by Crippen LogP contribution is -2.33. The van der Waals surface area contributed by atoms with Gasteiger partial charge >= 0.3 is 0 Å². The van der Waals surface area contributed by atoms with Crippen LogP contribution in [0.15, 0.2) is 42.5 Å². The summed E-state index contributed by atoms with van der Waals surface area (Å²) in [4.78, 5) is 0. The van der Waals surface area contributed by atoms with Crippen molar-refractivity contribution in [2.24, 2.45) is 0 Å². The van der Waals surface area contributed by atoms with Gasteiger partial charge < -0.3 is 29.5 Å². The van der Waals surface area contributed by atoms with E-state index in [1.165, 1.54) is 6.07 Å². The molecular formula is C25H28O6. The van der Waals surface area contributed by atoms with Gasteiger partial charge in [-0.3, -0.25) is 0 Å². The molecule has 6 heteroatoms. The normalized spacial score (nSPS) is 17.9. The Balaban J connectivity index is 1.83. The summed E-state index contributed by atoms with van der Waals surface area (Å²) in [6, 6.07) is 12.1. The van der Waals surface area contributed by atoms with Crippen LogP contribution in [0.4, 0.5) is 0 Å². The van der Waals surface area contributed by atoms with Crippen LogP contribution in [0.3, 0.4) is 0 Å². The summed E-state index contributed by atoms with van der Waals surface area (Å²) < 4.78 is 18.4. The summed E-state index contributed by atoms with van der Waals surface area (Å²) in [6.07, 6.45) is 1.38. The Kier molecular flexibility index (Phi) is 6.09. The second-order valence-corrected chi connectivity index (χ2v) is 7.80. The van der Waals surface area contributed by atoms with Crippen LogP contribution in [0.2, 0.25) is 0 Å². The Morgan fingerprint density at radius 3 is 2.45 bits per heavy atom. The molecule has 3 aromatic rings. The van der Waals surface area contributed by atoms with E-state index in [-0.39, 0.29) is 23.4 Å². The maximum atomic E-state index is 10.4. The molecule has 0 fully saturated rings. The minimum Gasteiger partial charge on any atom is -0.508 e. The number of benzene rings is 3. The van der Waals surface area contributed by atoms with Gasteiger partial charge in [-0.2, -0.15) is 0 Å². The van der Waals surface area contributed by atoms with E-state index in [1.54, 1.807) is 18.2 Å². The summed E-state index contributed by atoms with van der Waals surface area (Å²) in [5.41, 5.74) is 1.58. The maximum absolute atomic E-state index is 10.4. The highest BCUT2D eigenvalue weighted by Crippen LogP contribution is 2.46. The molecule has 0 bridgehead atoms. The number of aromatic hydroxyl groups is 3. The zero-order chi connectivity index (χ0) is 22.0. The van der Waals surface area contributed by atoms with Crippen LogP contribution in [-0.4, -0.2) is 34.6 Å². The van der Waals surface area contributed by atoms with Crippen molar-refractivity contribution in [2.45, 2.75) is 45.3 Å². The zero-order valence-electron chi connectivity index (χ0n) is 17.8. The number of rotatable bonds is 7. The summed E-state index contributed by atoms with van der Waals surface area (Å²) in [5, 5.41) is 32.2. The lowest BCUT2D eigenvalue weighted by Gasteiger charge is -2.35. The number of hydrogen-bond acceptors (Lipinski definition) is 6. The minimum atomic E-state index is -0.531. The van der Waals surface area contributed by atoms with Gasteiger partial charge in [0.2, 0.25) is 0 Å². The predicted molar refractivity (Wildman–Crippen MR) is 118 cm³/mol. The Morgan fingerprint density at radius 1 is 0.968 bits per heavy atom. The van der Waals surface area contributed by atoms with E-state index in [9.17, 15) is 15.3 Å². The topological polar surface area (TPSA) is 88.4 Å². The SMILES string of the molecule is CCCOc1cc(O)cc2c1C[C@H](OCCC)[C@H](c1cc(O)c(O)c3ccccc13)O2. The number of fused-ring (bicyclic) bond motifs is 2. The highest BCUT2D eigenvalue weighted by Gasteiger charge is 2.36. The van der Waals surface area contributed by atoms with Gasteiger partial charge in [-0.25, -0.2) is 0 Å². The summed E-state index contributed by atoms with van der Waals surface area (Å²) in [6.45, 7) is 5.17. The Morgan fingerprint density at radius 2 is 1.71 bits per heavy atom. The van der Waals surface area contributed by atoms with Gasteiger partial charge in [0, 0.05) is 41.7 Å². The van der Waals surface area contributed by atoms with Crippen molar-refractivity contribution in [1.29, 1.82) is 0 Å². The third-order valence-electron chi connectivity index (χ3n) is 5.48. The first-order valence-corrected chi connectivity index (χ1v) is 10.7. The first-order chi connectivity index (χ1) is 15.0. The Hall–Kier alpha value is -3.12. The van der Waals surface area contributed by atoms with Crippen LogP contribution >= 0.6 is 0 Å². The zero-order valence-corrected chi connectivity index (χ0v) is 17.8. The Labute approximate surface area is 181 Å². The molecule has 0 amide bonds. The molecule has 164 valence electrons. The van der Waals surface area contributed by atoms with Gasteiger partial charge in [-0.1, -0.05) is 38.1 Å². The molecule has 1 aliphatic heterocycles. The summed E-state index contributed by atoms with van der Waals surface area (Å²) in [5.74, 6) is 0.826. The van der Waals surface area contributed by atoms with Crippen molar-refractivity contribution in [3.05, 3.63) is 53.6 Å². The van der Waals surface area contributed by atoms with E-state index < -0.39 is 6.10 Å². The van der Waals surface area contributed by atoms with Gasteiger partial charge in [-0.15, -0.1) is 0 Å². The van der Waals surface area contributed by atoms with Crippen molar-refractivity contribution >= 4 is 10.8 Å². The monoisotopic (exact) mass is 424 g/mol. The molecule has 0 aromatic heterocycles. The molecule has 2 atom stereocenters. The molecular weight excluding hydrogens is 396 g/mol. The largest absolute Gasteiger partial charge is 0.508 e. The van der Waals surface area contributed by atoms with Crippen LogP contribution < -0.4 is 9.47 Å². The van der Waals surface area contributed by atoms with Crippen molar-refractivity contribution in [3.8, 4) is 28.7 Å². The van der Waals surface area contributed by atoms with Crippen molar-refractivity contribution in [3.63, 3.8) is 0 Å². The summed E-state index contributed by atoms with van der Waals surface area (Å²) in [7, 11) is 0. The predicted octanol–water partition coefficient (Wildman–Crippen LogP) is 5.22. The first-order valence-electron chi connectivity index (χ1n) is 10.7. The molecule has 0 aliphatic carbocycles. The Bertz CT molecular complexity index is 1080. The quantitative estimate of drug-likeness (QED) is 0.451. The molecule has 1 heterocycles. The van der Waals surface area contributed by atoms with Gasteiger partial charge in [-0.05, 0) is 24.3 Å². The fourth-order valence-electron chi connectivity index (χ4n) is 4.06. The molecule has 4 rings (SSSR count). The standard InChI is InChI=1S/C25H28O6/c1-3-9-29-21-11-15(26)12-22-19(21)14-23(30-10-4-2)25(31-22)18-13-20(27)24(28)17-8-6-5-7-16(17)18/h5-8,11-13,23,25-28H,3-4,9-10,14H2,1-2H3/t23-,25-/m0/s1. The third kappa shape index (κ3) is 4.08. The highest BCUT2D eigenvalue weighted by atomic mass is 16.5. The fraction of sp³-hybridized carbons (Fsp3) is 0.360. The molecule has 31 heavy (non-hydrogen) atoms. The lowest BCUT2D eigenvalue weighted by molar-refractivity contribution is -0.0375. The van der Waals surface area contributed by atoms with E-state index in [0.29, 0.717) is 36.5 Å². The fourth-order valence-corrected chi connectivity index (χ4v) is 4.06. The van der Waals surface area contributed by atoms with Crippen LogP contribution in [0, 0.1) is 0 Å². The highest BCUT2D eigenvalue weighted by molar-refractivity contribution is 5.93. The van der Waals surface area contributed by atoms with Gasteiger partial charge in [0.1, 0.15) is 23.4 Å².